The Hall–Kier alpha value is -4.39. The van der Waals surface area contributed by atoms with E-state index in [1.807, 2.05) is 73.7 Å². The molecule has 7 heteroatoms. The second-order valence-electron chi connectivity index (χ2n) is 9.12. The lowest BCUT2D eigenvalue weighted by molar-refractivity contribution is -0.139. The quantitative estimate of drug-likeness (QED) is 0.357. The van der Waals surface area contributed by atoms with Gasteiger partial charge in [0.1, 0.15) is 0 Å². The maximum absolute atomic E-state index is 13.6. The van der Waals surface area contributed by atoms with Crippen molar-refractivity contribution in [1.82, 2.24) is 10.2 Å². The van der Waals surface area contributed by atoms with Crippen LogP contribution < -0.4 is 10.6 Å². The van der Waals surface area contributed by atoms with Crippen LogP contribution in [-0.4, -0.2) is 36.0 Å². The molecule has 0 bridgehead atoms. The molecule has 7 nitrogen and oxygen atoms in total. The number of nitrogens with zero attached hydrogens (tertiary/aromatic N) is 1. The summed E-state index contributed by atoms with van der Waals surface area (Å²) in [5.41, 5.74) is 3.95. The molecule has 0 saturated carbocycles. The third-order valence-electron chi connectivity index (χ3n) is 6.55. The van der Waals surface area contributed by atoms with Gasteiger partial charge >= 0.3 is 12.0 Å². The lowest BCUT2D eigenvalue weighted by Gasteiger charge is -2.35. The first-order chi connectivity index (χ1) is 18.4. The average molecular weight is 512 g/mol. The molecule has 196 valence electrons. The summed E-state index contributed by atoms with van der Waals surface area (Å²) >= 11 is 0. The molecule has 0 fully saturated rings. The van der Waals surface area contributed by atoms with Crippen molar-refractivity contribution in [2.45, 2.75) is 39.2 Å². The lowest BCUT2D eigenvalue weighted by Crippen LogP contribution is -2.48. The Morgan fingerprint density at radius 3 is 2.16 bits per heavy atom. The Morgan fingerprint density at radius 1 is 0.947 bits per heavy atom. The second-order valence-corrected chi connectivity index (χ2v) is 9.12. The van der Waals surface area contributed by atoms with Gasteiger partial charge in [-0.15, -0.1) is 0 Å². The van der Waals surface area contributed by atoms with Gasteiger partial charge in [0.2, 0.25) is 5.91 Å². The minimum atomic E-state index is -0.703. The number of rotatable bonds is 9. The number of allylic oxidation sites excluding steroid dienone is 1. The van der Waals surface area contributed by atoms with Crippen LogP contribution in [0.15, 0.2) is 96.2 Å². The summed E-state index contributed by atoms with van der Waals surface area (Å²) in [5, 5.41) is 6.00. The van der Waals surface area contributed by atoms with Crippen LogP contribution in [0.3, 0.4) is 0 Å². The van der Waals surface area contributed by atoms with Crippen LogP contribution >= 0.6 is 0 Å². The molecular formula is C31H33N3O4. The van der Waals surface area contributed by atoms with E-state index < -0.39 is 17.9 Å². The molecule has 3 aromatic rings. The average Bonchev–Trinajstić information content (AvgIpc) is 2.92. The van der Waals surface area contributed by atoms with Gasteiger partial charge in [-0.2, -0.15) is 0 Å². The first-order valence-electron chi connectivity index (χ1n) is 12.9. The van der Waals surface area contributed by atoms with Crippen LogP contribution in [0.25, 0.3) is 0 Å². The van der Waals surface area contributed by atoms with E-state index in [-0.39, 0.29) is 18.5 Å². The fraction of sp³-hybridized carbons (Fsp3) is 0.258. The number of benzene rings is 3. The van der Waals surface area contributed by atoms with Crippen molar-refractivity contribution in [3.8, 4) is 0 Å². The van der Waals surface area contributed by atoms with E-state index in [0.29, 0.717) is 29.1 Å². The van der Waals surface area contributed by atoms with Crippen LogP contribution in [0.1, 0.15) is 55.8 Å². The highest BCUT2D eigenvalue weighted by Crippen LogP contribution is 2.33. The molecule has 0 aromatic heterocycles. The van der Waals surface area contributed by atoms with Gasteiger partial charge in [0.25, 0.3) is 0 Å². The molecule has 3 amide bonds. The molecule has 1 unspecified atom stereocenters. The van der Waals surface area contributed by atoms with Crippen molar-refractivity contribution >= 4 is 23.6 Å². The van der Waals surface area contributed by atoms with Gasteiger partial charge in [-0.05, 0) is 49.1 Å². The van der Waals surface area contributed by atoms with E-state index in [1.54, 1.807) is 36.9 Å². The van der Waals surface area contributed by atoms with Crippen LogP contribution in [0.4, 0.5) is 10.5 Å². The van der Waals surface area contributed by atoms with E-state index in [9.17, 15) is 14.4 Å². The smallest absolute Gasteiger partial charge is 0.338 e. The first-order valence-corrected chi connectivity index (χ1v) is 12.9. The Bertz CT molecular complexity index is 1280. The fourth-order valence-electron chi connectivity index (χ4n) is 4.79. The summed E-state index contributed by atoms with van der Waals surface area (Å²) in [6.07, 6.45) is 0.747. The fourth-order valence-corrected chi connectivity index (χ4v) is 4.79. The van der Waals surface area contributed by atoms with E-state index >= 15 is 0 Å². The van der Waals surface area contributed by atoms with E-state index in [0.717, 1.165) is 17.5 Å². The minimum absolute atomic E-state index is 0.182. The highest BCUT2D eigenvalue weighted by Gasteiger charge is 2.36. The van der Waals surface area contributed by atoms with Crippen LogP contribution in [0.5, 0.6) is 0 Å². The lowest BCUT2D eigenvalue weighted by atomic mass is 9.90. The summed E-state index contributed by atoms with van der Waals surface area (Å²) in [6, 6.07) is 25.5. The molecule has 3 aromatic carbocycles. The topological polar surface area (TPSA) is 87.7 Å². The van der Waals surface area contributed by atoms with E-state index in [2.05, 4.69) is 10.6 Å². The molecule has 0 spiro atoms. The zero-order valence-electron chi connectivity index (χ0n) is 21.9. The summed E-state index contributed by atoms with van der Waals surface area (Å²) in [5.74, 6) is -1.16. The number of carbonyl (C=O) groups excluding carboxylic acids is 3. The molecule has 2 N–H and O–H groups in total. The number of nitrogens with one attached hydrogen (secondary N) is 2. The van der Waals surface area contributed by atoms with Gasteiger partial charge < -0.3 is 15.4 Å². The third kappa shape index (κ3) is 5.78. The number of hydrogen-bond acceptors (Lipinski definition) is 4. The molecular weight excluding hydrogens is 478 g/mol. The van der Waals surface area contributed by atoms with Gasteiger partial charge in [0.05, 0.1) is 24.1 Å². The molecule has 1 aliphatic rings. The molecule has 4 rings (SSSR count). The number of anilines is 1. The Kier molecular flexibility index (Phi) is 8.58. The standard InChI is InChI=1S/C31H33N3O4/c1-4-19-34-21(3)26(30(36)38-5-2)28(33-31(34)37)24-17-12-18-25(20-24)32-29(35)27(22-13-8-6-9-14-22)23-15-10-7-11-16-23/h6-18,20,27-28H,4-5,19H2,1-3H3,(H,32,35)(H,33,37). The molecule has 0 radical (unpaired) electrons. The third-order valence-corrected chi connectivity index (χ3v) is 6.55. The van der Waals surface area contributed by atoms with Crippen LogP contribution in [0, 0.1) is 0 Å². The monoisotopic (exact) mass is 511 g/mol. The number of urea groups is 1. The van der Waals surface area contributed by atoms with Crippen molar-refractivity contribution in [3.63, 3.8) is 0 Å². The van der Waals surface area contributed by atoms with Gasteiger partial charge in [0, 0.05) is 17.9 Å². The summed E-state index contributed by atoms with van der Waals surface area (Å²) in [7, 11) is 0. The SMILES string of the molecule is CCCN1C(=O)NC(c2cccc(NC(=O)C(c3ccccc3)c3ccccc3)c2)C(C(=O)OCC)=C1C. The van der Waals surface area contributed by atoms with E-state index in [4.69, 9.17) is 4.74 Å². The highest BCUT2D eigenvalue weighted by atomic mass is 16.5. The molecule has 1 aliphatic heterocycles. The number of ether oxygens (including phenoxy) is 1. The minimum Gasteiger partial charge on any atom is -0.463 e. The van der Waals surface area contributed by atoms with Gasteiger partial charge in [-0.3, -0.25) is 9.69 Å². The van der Waals surface area contributed by atoms with E-state index in [1.165, 1.54) is 0 Å². The number of amides is 3. The normalized spacial score (nSPS) is 15.3. The number of carbonyl (C=O) groups is 3. The van der Waals surface area contributed by atoms with Crippen LogP contribution in [-0.2, 0) is 14.3 Å². The Morgan fingerprint density at radius 2 is 1.58 bits per heavy atom. The predicted octanol–water partition coefficient (Wildman–Crippen LogP) is 5.77. The summed E-state index contributed by atoms with van der Waals surface area (Å²) < 4.78 is 5.34. The highest BCUT2D eigenvalue weighted by molar-refractivity contribution is 5.98. The number of esters is 1. The largest absolute Gasteiger partial charge is 0.463 e. The molecule has 1 atom stereocenters. The van der Waals surface area contributed by atoms with Gasteiger partial charge in [-0.1, -0.05) is 79.7 Å². The molecule has 0 aliphatic carbocycles. The summed E-state index contributed by atoms with van der Waals surface area (Å²) in [6.45, 7) is 6.20. The van der Waals surface area contributed by atoms with Crippen molar-refractivity contribution in [2.75, 3.05) is 18.5 Å². The van der Waals surface area contributed by atoms with Crippen molar-refractivity contribution < 1.29 is 19.1 Å². The van der Waals surface area contributed by atoms with Gasteiger partial charge in [0.15, 0.2) is 0 Å². The maximum atomic E-state index is 13.6. The van der Waals surface area contributed by atoms with Crippen LogP contribution in [0.2, 0.25) is 0 Å². The zero-order valence-corrected chi connectivity index (χ0v) is 21.9. The van der Waals surface area contributed by atoms with Crippen molar-refractivity contribution in [3.05, 3.63) is 113 Å². The first kappa shape index (κ1) is 26.7. The van der Waals surface area contributed by atoms with Gasteiger partial charge in [-0.25, -0.2) is 9.59 Å². The van der Waals surface area contributed by atoms with Crippen molar-refractivity contribution in [2.24, 2.45) is 0 Å². The maximum Gasteiger partial charge on any atom is 0.338 e. The van der Waals surface area contributed by atoms with Crippen molar-refractivity contribution in [1.29, 1.82) is 0 Å². The molecule has 38 heavy (non-hydrogen) atoms. The Labute approximate surface area is 223 Å². The summed E-state index contributed by atoms with van der Waals surface area (Å²) in [4.78, 5) is 41.1. The Balaban J connectivity index is 1.67. The zero-order chi connectivity index (χ0) is 27.1. The molecule has 0 saturated heterocycles. The molecule has 1 heterocycles. The number of hydrogen-bond donors (Lipinski definition) is 2. The second kappa shape index (κ2) is 12.2. The predicted molar refractivity (Wildman–Crippen MR) is 147 cm³/mol.